The minimum Gasteiger partial charge on any atom is -0.356 e. The SMILES string of the molecule is CC1CCN(c2nc(CN)cc3ccccc23)CC1C. The largest absolute Gasteiger partial charge is 0.356 e. The van der Waals surface area contributed by atoms with Crippen molar-refractivity contribution in [2.75, 3.05) is 18.0 Å². The zero-order chi connectivity index (χ0) is 14.1. The predicted molar refractivity (Wildman–Crippen MR) is 84.8 cm³/mol. The quantitative estimate of drug-likeness (QED) is 0.910. The van der Waals surface area contributed by atoms with Gasteiger partial charge in [-0.3, -0.25) is 0 Å². The molecule has 3 heteroatoms. The number of benzene rings is 1. The van der Waals surface area contributed by atoms with E-state index in [1.807, 2.05) is 0 Å². The highest BCUT2D eigenvalue weighted by molar-refractivity contribution is 5.92. The van der Waals surface area contributed by atoms with Gasteiger partial charge in [0.15, 0.2) is 0 Å². The van der Waals surface area contributed by atoms with Crippen LogP contribution in [0.4, 0.5) is 5.82 Å². The molecule has 0 radical (unpaired) electrons. The van der Waals surface area contributed by atoms with Gasteiger partial charge in [0, 0.05) is 25.0 Å². The highest BCUT2D eigenvalue weighted by atomic mass is 15.2. The van der Waals surface area contributed by atoms with Crippen LogP contribution in [0.15, 0.2) is 30.3 Å². The summed E-state index contributed by atoms with van der Waals surface area (Å²) < 4.78 is 0. The normalized spacial score (nSPS) is 23.2. The number of rotatable bonds is 2. The number of pyridine rings is 1. The topological polar surface area (TPSA) is 42.2 Å². The first-order valence-electron chi connectivity index (χ1n) is 7.52. The van der Waals surface area contributed by atoms with E-state index in [9.17, 15) is 0 Å². The Labute approximate surface area is 120 Å². The zero-order valence-electron chi connectivity index (χ0n) is 12.3. The van der Waals surface area contributed by atoms with Gasteiger partial charge in [0.2, 0.25) is 0 Å². The Kier molecular flexibility index (Phi) is 3.62. The Balaban J connectivity index is 2.05. The molecule has 2 aromatic rings. The molecular weight excluding hydrogens is 246 g/mol. The van der Waals surface area contributed by atoms with Gasteiger partial charge in [-0.25, -0.2) is 4.98 Å². The standard InChI is InChI=1S/C17H23N3/c1-12-7-8-20(11-13(12)2)17-16-6-4-3-5-14(16)9-15(10-18)19-17/h3-6,9,12-13H,7-8,10-11,18H2,1-2H3. The second kappa shape index (κ2) is 5.41. The molecule has 0 aliphatic carbocycles. The van der Waals surface area contributed by atoms with Crippen LogP contribution in [0.25, 0.3) is 10.8 Å². The number of anilines is 1. The van der Waals surface area contributed by atoms with Crippen molar-refractivity contribution in [3.05, 3.63) is 36.0 Å². The van der Waals surface area contributed by atoms with E-state index in [4.69, 9.17) is 10.7 Å². The van der Waals surface area contributed by atoms with Gasteiger partial charge in [-0.2, -0.15) is 0 Å². The first-order valence-corrected chi connectivity index (χ1v) is 7.52. The van der Waals surface area contributed by atoms with Crippen molar-refractivity contribution in [1.82, 2.24) is 4.98 Å². The van der Waals surface area contributed by atoms with Crippen LogP contribution in [-0.2, 0) is 6.54 Å². The van der Waals surface area contributed by atoms with Crippen LogP contribution in [0.3, 0.4) is 0 Å². The van der Waals surface area contributed by atoms with Crippen LogP contribution in [0.2, 0.25) is 0 Å². The average Bonchev–Trinajstić information content (AvgIpc) is 2.49. The Morgan fingerprint density at radius 3 is 2.80 bits per heavy atom. The number of hydrogen-bond donors (Lipinski definition) is 1. The summed E-state index contributed by atoms with van der Waals surface area (Å²) in [5.74, 6) is 2.63. The first-order chi connectivity index (χ1) is 9.69. The number of piperidine rings is 1. The fourth-order valence-electron chi connectivity index (χ4n) is 3.04. The number of aromatic nitrogens is 1. The third-order valence-corrected chi connectivity index (χ3v) is 4.62. The van der Waals surface area contributed by atoms with Crippen LogP contribution >= 0.6 is 0 Å². The van der Waals surface area contributed by atoms with E-state index in [1.54, 1.807) is 0 Å². The number of nitrogens with zero attached hydrogens (tertiary/aromatic N) is 2. The highest BCUT2D eigenvalue weighted by Crippen LogP contribution is 2.31. The monoisotopic (exact) mass is 269 g/mol. The van der Waals surface area contributed by atoms with Crippen molar-refractivity contribution in [3.8, 4) is 0 Å². The Hall–Kier alpha value is -1.61. The number of fused-ring (bicyclic) bond motifs is 1. The molecule has 2 atom stereocenters. The lowest BCUT2D eigenvalue weighted by Crippen LogP contribution is -2.39. The maximum absolute atomic E-state index is 5.81. The molecule has 1 aliphatic heterocycles. The van der Waals surface area contributed by atoms with Crippen LogP contribution in [0.1, 0.15) is 26.0 Å². The summed E-state index contributed by atoms with van der Waals surface area (Å²) in [7, 11) is 0. The van der Waals surface area contributed by atoms with Crippen LogP contribution in [0.5, 0.6) is 0 Å². The molecular formula is C17H23N3. The molecule has 20 heavy (non-hydrogen) atoms. The van der Waals surface area contributed by atoms with Gasteiger partial charge in [0.25, 0.3) is 0 Å². The van der Waals surface area contributed by atoms with E-state index in [0.717, 1.165) is 30.5 Å². The predicted octanol–water partition coefficient (Wildman–Crippen LogP) is 3.18. The summed E-state index contributed by atoms with van der Waals surface area (Å²) in [4.78, 5) is 7.24. The molecule has 0 amide bonds. The molecule has 2 heterocycles. The Bertz CT molecular complexity index is 608. The van der Waals surface area contributed by atoms with Gasteiger partial charge in [-0.1, -0.05) is 38.1 Å². The number of hydrogen-bond acceptors (Lipinski definition) is 3. The van der Waals surface area contributed by atoms with Crippen LogP contribution in [0, 0.1) is 11.8 Å². The summed E-state index contributed by atoms with van der Waals surface area (Å²) in [6, 6.07) is 10.6. The van der Waals surface area contributed by atoms with Gasteiger partial charge in [-0.15, -0.1) is 0 Å². The minimum atomic E-state index is 0.498. The van der Waals surface area contributed by atoms with Crippen molar-refractivity contribution < 1.29 is 0 Å². The van der Waals surface area contributed by atoms with Crippen LogP contribution < -0.4 is 10.6 Å². The van der Waals surface area contributed by atoms with E-state index in [0.29, 0.717) is 12.5 Å². The van der Waals surface area contributed by atoms with E-state index < -0.39 is 0 Å². The first kappa shape index (κ1) is 13.4. The van der Waals surface area contributed by atoms with Gasteiger partial charge < -0.3 is 10.6 Å². The molecule has 2 unspecified atom stereocenters. The Morgan fingerprint density at radius 2 is 2.05 bits per heavy atom. The van der Waals surface area contributed by atoms with E-state index >= 15 is 0 Å². The molecule has 1 fully saturated rings. The van der Waals surface area contributed by atoms with Crippen molar-refractivity contribution in [2.45, 2.75) is 26.8 Å². The van der Waals surface area contributed by atoms with Crippen molar-refractivity contribution in [2.24, 2.45) is 17.6 Å². The van der Waals surface area contributed by atoms with Crippen molar-refractivity contribution in [3.63, 3.8) is 0 Å². The second-order valence-electron chi connectivity index (χ2n) is 6.05. The average molecular weight is 269 g/mol. The third-order valence-electron chi connectivity index (χ3n) is 4.62. The van der Waals surface area contributed by atoms with E-state index in [1.165, 1.54) is 17.2 Å². The molecule has 0 saturated carbocycles. The molecule has 1 saturated heterocycles. The molecule has 1 aromatic heterocycles. The fraction of sp³-hybridized carbons (Fsp3) is 0.471. The maximum Gasteiger partial charge on any atom is 0.136 e. The summed E-state index contributed by atoms with van der Waals surface area (Å²) >= 11 is 0. The molecule has 1 aromatic carbocycles. The van der Waals surface area contributed by atoms with E-state index in [2.05, 4.69) is 49.1 Å². The minimum absolute atomic E-state index is 0.498. The molecule has 106 valence electrons. The summed E-state index contributed by atoms with van der Waals surface area (Å²) in [6.07, 6.45) is 1.24. The summed E-state index contributed by atoms with van der Waals surface area (Å²) in [5, 5.41) is 2.48. The highest BCUT2D eigenvalue weighted by Gasteiger charge is 2.24. The molecule has 3 nitrogen and oxygen atoms in total. The molecule has 0 bridgehead atoms. The lowest BCUT2D eigenvalue weighted by atomic mass is 9.88. The maximum atomic E-state index is 5.81. The number of nitrogens with two attached hydrogens (primary N) is 1. The third kappa shape index (κ3) is 2.38. The van der Waals surface area contributed by atoms with Crippen molar-refractivity contribution in [1.29, 1.82) is 0 Å². The van der Waals surface area contributed by atoms with Crippen molar-refractivity contribution >= 4 is 16.6 Å². The molecule has 0 spiro atoms. The van der Waals surface area contributed by atoms with Gasteiger partial charge >= 0.3 is 0 Å². The fourth-order valence-corrected chi connectivity index (χ4v) is 3.04. The lowest BCUT2D eigenvalue weighted by Gasteiger charge is -2.36. The van der Waals surface area contributed by atoms with Crippen LogP contribution in [-0.4, -0.2) is 18.1 Å². The van der Waals surface area contributed by atoms with Gasteiger partial charge in [0.1, 0.15) is 5.82 Å². The molecule has 3 rings (SSSR count). The summed E-state index contributed by atoms with van der Waals surface area (Å²) in [6.45, 7) is 7.37. The van der Waals surface area contributed by atoms with Gasteiger partial charge in [-0.05, 0) is 29.7 Å². The second-order valence-corrected chi connectivity index (χ2v) is 6.05. The smallest absolute Gasteiger partial charge is 0.136 e. The molecule has 2 N–H and O–H groups in total. The van der Waals surface area contributed by atoms with Gasteiger partial charge in [0.05, 0.1) is 5.69 Å². The Morgan fingerprint density at radius 1 is 1.25 bits per heavy atom. The summed E-state index contributed by atoms with van der Waals surface area (Å²) in [5.41, 5.74) is 6.78. The lowest BCUT2D eigenvalue weighted by molar-refractivity contribution is 0.323. The zero-order valence-corrected chi connectivity index (χ0v) is 12.3. The van der Waals surface area contributed by atoms with E-state index in [-0.39, 0.29) is 0 Å². The molecule has 1 aliphatic rings.